The SMILES string of the molecule is Cn1cc(C(=O)C=Cc2cc([N+](=O)[O-])ccc2Cl)cn1. The molecule has 20 heavy (non-hydrogen) atoms. The van der Waals surface area contributed by atoms with Crippen molar-refractivity contribution in [3.8, 4) is 0 Å². The molecule has 0 amide bonds. The molecule has 0 saturated heterocycles. The van der Waals surface area contributed by atoms with Crippen LogP contribution in [0.4, 0.5) is 5.69 Å². The van der Waals surface area contributed by atoms with Crippen LogP contribution in [0.5, 0.6) is 0 Å². The lowest BCUT2D eigenvalue weighted by molar-refractivity contribution is -0.384. The molecule has 0 bridgehead atoms. The Morgan fingerprint density at radius 2 is 2.25 bits per heavy atom. The monoisotopic (exact) mass is 291 g/mol. The quantitative estimate of drug-likeness (QED) is 0.375. The third-order valence-corrected chi connectivity index (χ3v) is 2.94. The standard InChI is InChI=1S/C13H10ClN3O3/c1-16-8-10(7-15-16)13(18)5-2-9-6-11(17(19)20)3-4-12(9)14/h2-8H,1H3. The topological polar surface area (TPSA) is 78.0 Å². The summed E-state index contributed by atoms with van der Waals surface area (Å²) in [5.41, 5.74) is 0.770. The Morgan fingerprint density at radius 1 is 1.50 bits per heavy atom. The molecule has 2 aromatic rings. The Bertz CT molecular complexity index is 707. The van der Waals surface area contributed by atoms with E-state index in [1.165, 1.54) is 41.2 Å². The molecule has 0 unspecified atom stereocenters. The number of ketones is 1. The van der Waals surface area contributed by atoms with Crippen LogP contribution in [0.25, 0.3) is 6.08 Å². The van der Waals surface area contributed by atoms with Gasteiger partial charge in [0.1, 0.15) is 0 Å². The normalized spacial score (nSPS) is 10.9. The van der Waals surface area contributed by atoms with Crippen molar-refractivity contribution in [2.75, 3.05) is 0 Å². The molecule has 0 atom stereocenters. The van der Waals surface area contributed by atoms with Crippen molar-refractivity contribution in [3.63, 3.8) is 0 Å². The number of carbonyl (C=O) groups excluding carboxylic acids is 1. The number of hydrogen-bond acceptors (Lipinski definition) is 4. The smallest absolute Gasteiger partial charge is 0.270 e. The van der Waals surface area contributed by atoms with Gasteiger partial charge in [-0.1, -0.05) is 11.6 Å². The van der Waals surface area contributed by atoms with Gasteiger partial charge in [-0.05, 0) is 23.8 Å². The summed E-state index contributed by atoms with van der Waals surface area (Å²) in [7, 11) is 1.71. The highest BCUT2D eigenvalue weighted by atomic mass is 35.5. The van der Waals surface area contributed by atoms with Crippen molar-refractivity contribution in [2.24, 2.45) is 7.05 Å². The average Bonchev–Trinajstić information content (AvgIpc) is 2.84. The number of rotatable bonds is 4. The van der Waals surface area contributed by atoms with Gasteiger partial charge in [-0.2, -0.15) is 5.10 Å². The summed E-state index contributed by atoms with van der Waals surface area (Å²) in [6.45, 7) is 0. The van der Waals surface area contributed by atoms with Gasteiger partial charge in [0.2, 0.25) is 0 Å². The van der Waals surface area contributed by atoms with E-state index in [-0.39, 0.29) is 11.5 Å². The number of nitro benzene ring substituents is 1. The van der Waals surface area contributed by atoms with Crippen molar-refractivity contribution in [2.45, 2.75) is 0 Å². The molecule has 0 N–H and O–H groups in total. The van der Waals surface area contributed by atoms with E-state index in [2.05, 4.69) is 5.10 Å². The van der Waals surface area contributed by atoms with Gasteiger partial charge in [0.15, 0.2) is 5.78 Å². The second-order valence-electron chi connectivity index (χ2n) is 4.06. The van der Waals surface area contributed by atoms with Crippen LogP contribution < -0.4 is 0 Å². The van der Waals surface area contributed by atoms with E-state index in [0.29, 0.717) is 16.1 Å². The minimum atomic E-state index is -0.517. The Hall–Kier alpha value is -2.47. The number of carbonyl (C=O) groups is 1. The van der Waals surface area contributed by atoms with Crippen LogP contribution in [0, 0.1) is 10.1 Å². The molecule has 102 valence electrons. The Morgan fingerprint density at radius 3 is 2.85 bits per heavy atom. The number of benzene rings is 1. The molecule has 0 aliphatic carbocycles. The molecule has 0 aliphatic heterocycles. The highest BCUT2D eigenvalue weighted by Crippen LogP contribution is 2.23. The first-order valence-corrected chi connectivity index (χ1v) is 6.00. The first kappa shape index (κ1) is 14.0. The van der Waals surface area contributed by atoms with E-state index in [1.807, 2.05) is 0 Å². The zero-order chi connectivity index (χ0) is 14.7. The van der Waals surface area contributed by atoms with Crippen LogP contribution in [0.15, 0.2) is 36.7 Å². The second kappa shape index (κ2) is 5.66. The lowest BCUT2D eigenvalue weighted by Crippen LogP contribution is -1.92. The maximum atomic E-state index is 11.8. The number of non-ortho nitro benzene ring substituents is 1. The van der Waals surface area contributed by atoms with Crippen molar-refractivity contribution in [1.29, 1.82) is 0 Å². The van der Waals surface area contributed by atoms with Gasteiger partial charge < -0.3 is 0 Å². The molecule has 7 heteroatoms. The predicted octanol–water partition coefficient (Wildman–Crippen LogP) is 2.88. The number of halogens is 1. The summed E-state index contributed by atoms with van der Waals surface area (Å²) in [6.07, 6.45) is 5.79. The van der Waals surface area contributed by atoms with Crippen LogP contribution >= 0.6 is 11.6 Å². The first-order valence-electron chi connectivity index (χ1n) is 5.62. The molecule has 1 aromatic heterocycles. The van der Waals surface area contributed by atoms with Crippen molar-refractivity contribution in [3.05, 3.63) is 62.9 Å². The van der Waals surface area contributed by atoms with Crippen LogP contribution in [-0.2, 0) is 7.05 Å². The molecule has 0 saturated carbocycles. The highest BCUT2D eigenvalue weighted by molar-refractivity contribution is 6.32. The van der Waals surface area contributed by atoms with Crippen molar-refractivity contribution < 1.29 is 9.72 Å². The fraction of sp³-hybridized carbons (Fsp3) is 0.0769. The molecule has 2 rings (SSSR count). The minimum Gasteiger partial charge on any atom is -0.289 e. The molecule has 1 aromatic carbocycles. The lowest BCUT2D eigenvalue weighted by atomic mass is 10.1. The Kier molecular flexibility index (Phi) is 3.95. The number of nitro groups is 1. The molecule has 1 heterocycles. The van der Waals surface area contributed by atoms with Gasteiger partial charge in [-0.25, -0.2) is 0 Å². The number of hydrogen-bond donors (Lipinski definition) is 0. The predicted molar refractivity (Wildman–Crippen MR) is 74.7 cm³/mol. The van der Waals surface area contributed by atoms with Gasteiger partial charge >= 0.3 is 0 Å². The zero-order valence-corrected chi connectivity index (χ0v) is 11.2. The molecule has 6 nitrogen and oxygen atoms in total. The number of aryl methyl sites for hydroxylation is 1. The summed E-state index contributed by atoms with van der Waals surface area (Å²) in [6, 6.07) is 4.05. The van der Waals surface area contributed by atoms with E-state index >= 15 is 0 Å². The van der Waals surface area contributed by atoms with Gasteiger partial charge in [0.05, 0.1) is 16.7 Å². The largest absolute Gasteiger partial charge is 0.289 e. The summed E-state index contributed by atoms with van der Waals surface area (Å²) < 4.78 is 1.52. The fourth-order valence-electron chi connectivity index (χ4n) is 1.58. The van der Waals surface area contributed by atoms with E-state index in [0.717, 1.165) is 0 Å². The number of allylic oxidation sites excluding steroid dienone is 1. The van der Waals surface area contributed by atoms with Crippen molar-refractivity contribution >= 4 is 29.1 Å². The van der Waals surface area contributed by atoms with Crippen LogP contribution in [0.1, 0.15) is 15.9 Å². The highest BCUT2D eigenvalue weighted by Gasteiger charge is 2.09. The number of aromatic nitrogens is 2. The molecule has 0 fully saturated rings. The van der Waals surface area contributed by atoms with E-state index in [9.17, 15) is 14.9 Å². The first-order chi connectivity index (χ1) is 9.47. The van der Waals surface area contributed by atoms with E-state index in [4.69, 9.17) is 11.6 Å². The van der Waals surface area contributed by atoms with Gasteiger partial charge in [0.25, 0.3) is 5.69 Å². The fourth-order valence-corrected chi connectivity index (χ4v) is 1.76. The van der Waals surface area contributed by atoms with E-state index in [1.54, 1.807) is 13.2 Å². The Balaban J connectivity index is 2.25. The maximum Gasteiger partial charge on any atom is 0.270 e. The molecular weight excluding hydrogens is 282 g/mol. The number of nitrogens with zero attached hydrogens (tertiary/aromatic N) is 3. The second-order valence-corrected chi connectivity index (χ2v) is 4.47. The van der Waals surface area contributed by atoms with Gasteiger partial charge in [-0.15, -0.1) is 0 Å². The zero-order valence-electron chi connectivity index (χ0n) is 10.5. The summed E-state index contributed by atoms with van der Waals surface area (Å²) >= 11 is 5.93. The van der Waals surface area contributed by atoms with Crippen LogP contribution in [0.2, 0.25) is 5.02 Å². The third kappa shape index (κ3) is 3.10. The Labute approximate surface area is 119 Å². The minimum absolute atomic E-state index is 0.0807. The van der Waals surface area contributed by atoms with Gasteiger partial charge in [-0.3, -0.25) is 19.6 Å². The molecule has 0 aliphatic rings. The van der Waals surface area contributed by atoms with Crippen molar-refractivity contribution in [1.82, 2.24) is 9.78 Å². The maximum absolute atomic E-state index is 11.8. The molecular formula is C13H10ClN3O3. The molecule has 0 spiro atoms. The van der Waals surface area contributed by atoms with Gasteiger partial charge in [0, 0.05) is 30.4 Å². The van der Waals surface area contributed by atoms with Crippen LogP contribution in [0.3, 0.4) is 0 Å². The summed E-state index contributed by atoms with van der Waals surface area (Å²) in [4.78, 5) is 22.0. The third-order valence-electron chi connectivity index (χ3n) is 2.59. The molecule has 0 radical (unpaired) electrons. The van der Waals surface area contributed by atoms with Crippen LogP contribution in [-0.4, -0.2) is 20.5 Å². The lowest BCUT2D eigenvalue weighted by Gasteiger charge is -1.98. The summed E-state index contributed by atoms with van der Waals surface area (Å²) in [5, 5.41) is 14.9. The average molecular weight is 292 g/mol. The van der Waals surface area contributed by atoms with E-state index < -0.39 is 4.92 Å². The summed E-state index contributed by atoms with van der Waals surface area (Å²) in [5.74, 6) is -0.249.